The number of amides is 2. The Morgan fingerprint density at radius 3 is 2.53 bits per heavy atom. The molecule has 2 amide bonds. The molecule has 2 N–H and O–H groups in total. The van der Waals surface area contributed by atoms with Gasteiger partial charge in [-0.3, -0.25) is 9.59 Å². The topological polar surface area (TPSA) is 67.4 Å². The maximum Gasteiger partial charge on any atom is 0.246 e. The molecule has 1 atom stereocenters. The number of methoxy groups -OCH3 is 1. The summed E-state index contributed by atoms with van der Waals surface area (Å²) >= 11 is 0. The van der Waals surface area contributed by atoms with Gasteiger partial charge in [0.1, 0.15) is 12.6 Å². The summed E-state index contributed by atoms with van der Waals surface area (Å²) < 4.78 is 4.69. The predicted octanol–water partition coefficient (Wildman–Crippen LogP) is 0.586. The van der Waals surface area contributed by atoms with Gasteiger partial charge in [0.15, 0.2) is 0 Å². The summed E-state index contributed by atoms with van der Waals surface area (Å²) in [5.41, 5.74) is 0. The highest BCUT2D eigenvalue weighted by Crippen LogP contribution is 2.17. The fourth-order valence-corrected chi connectivity index (χ4v) is 2.05. The molecule has 0 bridgehead atoms. The normalized spacial score (nSPS) is 18.5. The van der Waals surface area contributed by atoms with E-state index in [4.69, 9.17) is 4.74 Å². The second kappa shape index (κ2) is 7.27. The van der Waals surface area contributed by atoms with Crippen LogP contribution in [0.3, 0.4) is 0 Å². The molecule has 0 unspecified atom stereocenters. The predicted molar refractivity (Wildman–Crippen MR) is 64.5 cm³/mol. The number of ether oxygens (including phenoxy) is 1. The minimum Gasteiger partial charge on any atom is -0.375 e. The molecule has 0 aromatic rings. The molecule has 0 aromatic carbocycles. The lowest BCUT2D eigenvalue weighted by molar-refractivity contribution is -0.131. The lowest BCUT2D eigenvalue weighted by atomic mass is 9.95. The maximum absolute atomic E-state index is 11.8. The number of carbonyl (C=O) groups excluding carboxylic acids is 2. The van der Waals surface area contributed by atoms with Crippen molar-refractivity contribution in [2.75, 3.05) is 13.7 Å². The van der Waals surface area contributed by atoms with Gasteiger partial charge in [0, 0.05) is 13.2 Å². The summed E-state index contributed by atoms with van der Waals surface area (Å²) in [4.78, 5) is 23.0. The maximum atomic E-state index is 11.8. The summed E-state index contributed by atoms with van der Waals surface area (Å²) in [6, 6.07) is -0.224. The van der Waals surface area contributed by atoms with Gasteiger partial charge in [0.2, 0.25) is 11.8 Å². The molecule has 1 saturated carbocycles. The number of hydrogen-bond acceptors (Lipinski definition) is 3. The molecular formula is C12H22N2O3. The molecule has 5 nitrogen and oxygen atoms in total. The van der Waals surface area contributed by atoms with Crippen LogP contribution in [0.25, 0.3) is 0 Å². The Hall–Kier alpha value is -1.10. The van der Waals surface area contributed by atoms with Crippen molar-refractivity contribution in [2.24, 2.45) is 0 Å². The summed E-state index contributed by atoms with van der Waals surface area (Å²) in [6.07, 6.45) is 5.70. The van der Waals surface area contributed by atoms with Crippen LogP contribution < -0.4 is 10.6 Å². The fraction of sp³-hybridized carbons (Fsp3) is 0.833. The first kappa shape index (κ1) is 14.0. The highest BCUT2D eigenvalue weighted by Gasteiger charge is 2.20. The summed E-state index contributed by atoms with van der Waals surface area (Å²) in [7, 11) is 1.45. The third kappa shape index (κ3) is 5.17. The summed E-state index contributed by atoms with van der Waals surface area (Å²) in [5, 5.41) is 5.57. The molecule has 1 aliphatic carbocycles. The van der Waals surface area contributed by atoms with E-state index < -0.39 is 6.04 Å². The number of hydrogen-bond donors (Lipinski definition) is 2. The standard InChI is InChI=1S/C12H22N2O3/c1-9(13-11(15)8-17-2)12(16)14-10-6-4-3-5-7-10/h9-10H,3-8H2,1-2H3,(H,13,15)(H,14,16)/t9-/m1/s1. The lowest BCUT2D eigenvalue weighted by Crippen LogP contribution is -2.49. The minimum absolute atomic E-state index is 0.0128. The number of rotatable bonds is 5. The quantitative estimate of drug-likeness (QED) is 0.741. The molecule has 1 fully saturated rings. The van der Waals surface area contributed by atoms with Crippen LogP contribution >= 0.6 is 0 Å². The molecule has 17 heavy (non-hydrogen) atoms. The van der Waals surface area contributed by atoms with Crippen molar-refractivity contribution in [3.05, 3.63) is 0 Å². The van der Waals surface area contributed by atoms with Crippen molar-refractivity contribution < 1.29 is 14.3 Å². The van der Waals surface area contributed by atoms with E-state index >= 15 is 0 Å². The highest BCUT2D eigenvalue weighted by molar-refractivity contribution is 5.87. The van der Waals surface area contributed by atoms with Crippen LogP contribution in [0.1, 0.15) is 39.0 Å². The number of nitrogens with one attached hydrogen (secondary N) is 2. The number of carbonyl (C=O) groups is 2. The van der Waals surface area contributed by atoms with E-state index in [1.54, 1.807) is 6.92 Å². The van der Waals surface area contributed by atoms with E-state index in [1.807, 2.05) is 0 Å². The Morgan fingerprint density at radius 2 is 1.94 bits per heavy atom. The molecule has 0 saturated heterocycles. The fourth-order valence-electron chi connectivity index (χ4n) is 2.05. The SMILES string of the molecule is COCC(=O)N[C@H](C)C(=O)NC1CCCCC1. The van der Waals surface area contributed by atoms with E-state index in [0.29, 0.717) is 0 Å². The van der Waals surface area contributed by atoms with Gasteiger partial charge in [-0.2, -0.15) is 0 Å². The Labute approximate surface area is 102 Å². The van der Waals surface area contributed by atoms with Gasteiger partial charge in [-0.25, -0.2) is 0 Å². The van der Waals surface area contributed by atoms with Crippen molar-refractivity contribution in [2.45, 2.75) is 51.1 Å². The van der Waals surface area contributed by atoms with Crippen LogP contribution in [0.15, 0.2) is 0 Å². The second-order valence-corrected chi connectivity index (χ2v) is 4.57. The molecule has 98 valence electrons. The molecule has 0 heterocycles. The van der Waals surface area contributed by atoms with Crippen LogP contribution in [0.2, 0.25) is 0 Å². The molecule has 0 aliphatic heterocycles. The Kier molecular flexibility index (Phi) is 5.97. The summed E-state index contributed by atoms with van der Waals surface area (Å²) in [5.74, 6) is -0.375. The molecular weight excluding hydrogens is 220 g/mol. The second-order valence-electron chi connectivity index (χ2n) is 4.57. The third-order valence-corrected chi connectivity index (χ3v) is 3.00. The molecule has 1 aliphatic rings. The van der Waals surface area contributed by atoms with E-state index in [2.05, 4.69) is 10.6 Å². The van der Waals surface area contributed by atoms with Crippen LogP contribution in [-0.4, -0.2) is 37.6 Å². The van der Waals surface area contributed by atoms with Crippen molar-refractivity contribution in [3.63, 3.8) is 0 Å². The Balaban J connectivity index is 2.28. The van der Waals surface area contributed by atoms with Crippen molar-refractivity contribution in [1.29, 1.82) is 0 Å². The zero-order valence-electron chi connectivity index (χ0n) is 10.6. The van der Waals surface area contributed by atoms with Gasteiger partial charge in [-0.15, -0.1) is 0 Å². The zero-order chi connectivity index (χ0) is 12.7. The van der Waals surface area contributed by atoms with Gasteiger partial charge in [0.25, 0.3) is 0 Å². The largest absolute Gasteiger partial charge is 0.375 e. The van der Waals surface area contributed by atoms with Gasteiger partial charge < -0.3 is 15.4 Å². The lowest BCUT2D eigenvalue weighted by Gasteiger charge is -2.24. The third-order valence-electron chi connectivity index (χ3n) is 3.00. The Morgan fingerprint density at radius 1 is 1.29 bits per heavy atom. The highest BCUT2D eigenvalue weighted by atomic mass is 16.5. The molecule has 1 rings (SSSR count). The van der Waals surface area contributed by atoms with Gasteiger partial charge >= 0.3 is 0 Å². The van der Waals surface area contributed by atoms with E-state index in [-0.39, 0.29) is 24.5 Å². The first-order chi connectivity index (χ1) is 8.13. The van der Waals surface area contributed by atoms with E-state index in [9.17, 15) is 9.59 Å². The van der Waals surface area contributed by atoms with E-state index in [1.165, 1.54) is 26.4 Å². The van der Waals surface area contributed by atoms with Crippen LogP contribution in [0, 0.1) is 0 Å². The van der Waals surface area contributed by atoms with E-state index in [0.717, 1.165) is 12.8 Å². The Bertz CT molecular complexity index is 262. The van der Waals surface area contributed by atoms with Gasteiger partial charge in [0.05, 0.1) is 0 Å². The molecule has 0 aromatic heterocycles. The van der Waals surface area contributed by atoms with Crippen LogP contribution in [-0.2, 0) is 14.3 Å². The van der Waals surface area contributed by atoms with Crippen molar-refractivity contribution >= 4 is 11.8 Å². The van der Waals surface area contributed by atoms with Gasteiger partial charge in [-0.05, 0) is 19.8 Å². The average Bonchev–Trinajstić information content (AvgIpc) is 2.30. The monoisotopic (exact) mass is 242 g/mol. The molecule has 5 heteroatoms. The van der Waals surface area contributed by atoms with Gasteiger partial charge in [-0.1, -0.05) is 19.3 Å². The van der Waals surface area contributed by atoms with Crippen LogP contribution in [0.5, 0.6) is 0 Å². The summed E-state index contributed by atoms with van der Waals surface area (Å²) in [6.45, 7) is 1.67. The van der Waals surface area contributed by atoms with Crippen molar-refractivity contribution in [1.82, 2.24) is 10.6 Å². The average molecular weight is 242 g/mol. The van der Waals surface area contributed by atoms with Crippen LogP contribution in [0.4, 0.5) is 0 Å². The first-order valence-corrected chi connectivity index (χ1v) is 6.22. The first-order valence-electron chi connectivity index (χ1n) is 6.22. The smallest absolute Gasteiger partial charge is 0.246 e. The zero-order valence-corrected chi connectivity index (χ0v) is 10.6. The minimum atomic E-state index is -0.500. The molecule has 0 spiro atoms. The molecule has 0 radical (unpaired) electrons. The van der Waals surface area contributed by atoms with Crippen molar-refractivity contribution in [3.8, 4) is 0 Å².